The van der Waals surface area contributed by atoms with Crippen molar-refractivity contribution >= 4 is 5.84 Å². The van der Waals surface area contributed by atoms with Crippen molar-refractivity contribution in [1.29, 1.82) is 10.5 Å². The van der Waals surface area contributed by atoms with E-state index in [0.717, 1.165) is 5.56 Å². The fraction of sp³-hybridized carbons (Fsp3) is 0.500. The summed E-state index contributed by atoms with van der Waals surface area (Å²) in [5.41, 5.74) is 4.95. The van der Waals surface area contributed by atoms with Crippen molar-refractivity contribution in [3.8, 4) is 12.1 Å². The van der Waals surface area contributed by atoms with Crippen molar-refractivity contribution in [1.82, 2.24) is 0 Å². The van der Waals surface area contributed by atoms with Gasteiger partial charge in [-0.15, -0.1) is 0 Å². The summed E-state index contributed by atoms with van der Waals surface area (Å²) in [4.78, 5) is 2.97. The van der Waals surface area contributed by atoms with E-state index in [1.54, 1.807) is 0 Å². The smallest absolute Gasteiger partial charge is 0.314 e. The molecule has 3 atom stereocenters. The fourth-order valence-electron chi connectivity index (χ4n) is 4.19. The first kappa shape index (κ1) is 16.4. The van der Waals surface area contributed by atoms with Crippen LogP contribution in [0.25, 0.3) is 0 Å². The topological polar surface area (TPSA) is 106 Å². The molecule has 0 aromatic heterocycles. The van der Waals surface area contributed by atoms with E-state index in [-0.39, 0.29) is 11.8 Å². The summed E-state index contributed by atoms with van der Waals surface area (Å²) in [5, 5.41) is 19.9. The lowest BCUT2D eigenvalue weighted by atomic mass is 9.93. The number of fused-ring (bicyclic) bond motifs is 1. The molecule has 1 aliphatic heterocycles. The van der Waals surface area contributed by atoms with Crippen molar-refractivity contribution in [3.63, 3.8) is 0 Å². The standard InChI is InChI=1S/C18H20N4O2/c1-3-23-18(24-4-2)17(12-20)14(10-13-8-6-5-7-9-13)16(17,11-19)15(21)22-18/h5-9,14H,3-4,10H2,1-2H3,(H2,21,22)/p+1/t14-,16-,17-/m1/s1. The van der Waals surface area contributed by atoms with Gasteiger partial charge in [0, 0.05) is 5.92 Å². The molecule has 0 radical (unpaired) electrons. The Bertz CT molecular complexity index is 743. The molecule has 124 valence electrons. The van der Waals surface area contributed by atoms with Crippen LogP contribution in [-0.2, 0) is 15.9 Å². The molecule has 3 rings (SSSR count). The van der Waals surface area contributed by atoms with Gasteiger partial charge in [0.1, 0.15) is 0 Å². The van der Waals surface area contributed by atoms with Crippen LogP contribution < -0.4 is 10.7 Å². The van der Waals surface area contributed by atoms with Gasteiger partial charge in [0.05, 0.1) is 25.4 Å². The zero-order valence-electron chi connectivity index (χ0n) is 13.9. The monoisotopic (exact) mass is 325 g/mol. The first-order valence-corrected chi connectivity index (χ1v) is 8.14. The van der Waals surface area contributed by atoms with Gasteiger partial charge in [-0.05, 0) is 25.8 Å². The Hall–Kier alpha value is -2.41. The number of benzene rings is 1. The van der Waals surface area contributed by atoms with Crippen LogP contribution in [0.4, 0.5) is 0 Å². The number of nitriles is 2. The molecule has 1 aromatic rings. The summed E-state index contributed by atoms with van der Waals surface area (Å²) < 4.78 is 11.7. The van der Waals surface area contributed by atoms with Gasteiger partial charge in [-0.2, -0.15) is 10.5 Å². The summed E-state index contributed by atoms with van der Waals surface area (Å²) >= 11 is 0. The lowest BCUT2D eigenvalue weighted by Crippen LogP contribution is -2.91. The average molecular weight is 325 g/mol. The number of amidine groups is 1. The van der Waals surface area contributed by atoms with E-state index in [1.807, 2.05) is 44.2 Å². The van der Waals surface area contributed by atoms with Gasteiger partial charge in [0.2, 0.25) is 0 Å². The summed E-state index contributed by atoms with van der Waals surface area (Å²) in [7, 11) is 0. The summed E-state index contributed by atoms with van der Waals surface area (Å²) in [6.45, 7) is 4.32. The minimum atomic E-state index is -1.38. The van der Waals surface area contributed by atoms with Crippen LogP contribution in [0.1, 0.15) is 19.4 Å². The van der Waals surface area contributed by atoms with E-state index in [4.69, 9.17) is 15.2 Å². The molecule has 24 heavy (non-hydrogen) atoms. The van der Waals surface area contributed by atoms with Crippen LogP contribution in [-0.4, -0.2) is 25.0 Å². The van der Waals surface area contributed by atoms with E-state index < -0.39 is 16.7 Å². The molecular formula is C18H21N4O2+. The molecule has 0 amide bonds. The second kappa shape index (κ2) is 5.59. The van der Waals surface area contributed by atoms with E-state index in [0.29, 0.717) is 19.6 Å². The van der Waals surface area contributed by atoms with Crippen molar-refractivity contribution in [2.24, 2.45) is 22.5 Å². The minimum absolute atomic E-state index is 0.259. The maximum absolute atomic E-state index is 10.0. The highest BCUT2D eigenvalue weighted by Crippen LogP contribution is 2.75. The third-order valence-electron chi connectivity index (χ3n) is 5.16. The lowest BCUT2D eigenvalue weighted by Gasteiger charge is -2.29. The first-order valence-electron chi connectivity index (χ1n) is 8.14. The molecule has 1 saturated carbocycles. The number of nitrogens with zero attached hydrogens (tertiary/aromatic N) is 2. The van der Waals surface area contributed by atoms with Crippen LogP contribution in [0.3, 0.4) is 0 Å². The van der Waals surface area contributed by atoms with Crippen LogP contribution >= 0.6 is 0 Å². The number of nitrogens with two attached hydrogens (primary N) is 1. The van der Waals surface area contributed by atoms with Crippen molar-refractivity contribution in [2.75, 3.05) is 13.2 Å². The number of nitrogens with one attached hydrogen (secondary N) is 1. The van der Waals surface area contributed by atoms with Gasteiger partial charge in [-0.1, -0.05) is 30.3 Å². The Balaban J connectivity index is 2.09. The molecular weight excluding hydrogens is 304 g/mol. The maximum atomic E-state index is 10.0. The zero-order chi connectivity index (χ0) is 17.4. The molecule has 1 heterocycles. The molecule has 1 fully saturated rings. The van der Waals surface area contributed by atoms with E-state index in [2.05, 4.69) is 17.1 Å². The molecule has 0 bridgehead atoms. The predicted octanol–water partition coefficient (Wildman–Crippen LogP) is 0.0571. The van der Waals surface area contributed by atoms with Crippen molar-refractivity contribution < 1.29 is 14.5 Å². The molecule has 1 aliphatic carbocycles. The normalized spacial score (nSPS) is 32.3. The molecule has 0 saturated heterocycles. The van der Waals surface area contributed by atoms with Gasteiger partial charge in [0.15, 0.2) is 10.8 Å². The first-order chi connectivity index (χ1) is 11.6. The molecule has 6 nitrogen and oxygen atoms in total. The van der Waals surface area contributed by atoms with Gasteiger partial charge < -0.3 is 9.47 Å². The average Bonchev–Trinajstić information content (AvgIpc) is 3.11. The molecule has 6 heteroatoms. The van der Waals surface area contributed by atoms with Crippen LogP contribution in [0.5, 0.6) is 0 Å². The van der Waals surface area contributed by atoms with E-state index >= 15 is 0 Å². The minimum Gasteiger partial charge on any atom is -0.314 e. The Labute approximate surface area is 141 Å². The van der Waals surface area contributed by atoms with E-state index in [1.165, 1.54) is 0 Å². The van der Waals surface area contributed by atoms with Gasteiger partial charge >= 0.3 is 5.91 Å². The van der Waals surface area contributed by atoms with Crippen LogP contribution in [0, 0.1) is 39.4 Å². The third kappa shape index (κ3) is 1.73. The Morgan fingerprint density at radius 3 is 2.25 bits per heavy atom. The third-order valence-corrected chi connectivity index (χ3v) is 5.16. The van der Waals surface area contributed by atoms with Crippen LogP contribution in [0.15, 0.2) is 30.3 Å². The highest BCUT2D eigenvalue weighted by atomic mass is 16.7. The number of hydrogen-bond donors (Lipinski definition) is 2. The number of ether oxygens (including phenoxy) is 2. The largest absolute Gasteiger partial charge is 0.342 e. The van der Waals surface area contributed by atoms with E-state index in [9.17, 15) is 10.5 Å². The SMILES string of the molecule is CCOC1(OCC)[NH+]=C(N)[C@@]2(C#N)[C@@H](Cc3ccccc3)[C@@]12C#N. The second-order valence-corrected chi connectivity index (χ2v) is 6.10. The number of rotatable bonds is 6. The van der Waals surface area contributed by atoms with Crippen molar-refractivity contribution in [3.05, 3.63) is 35.9 Å². The highest BCUT2D eigenvalue weighted by molar-refractivity contribution is 5.93. The predicted molar refractivity (Wildman–Crippen MR) is 85.9 cm³/mol. The molecule has 0 unspecified atom stereocenters. The van der Waals surface area contributed by atoms with Gasteiger partial charge in [-0.3, -0.25) is 5.73 Å². The lowest BCUT2D eigenvalue weighted by molar-refractivity contribution is -0.693. The zero-order valence-corrected chi connectivity index (χ0v) is 13.9. The summed E-state index contributed by atoms with van der Waals surface area (Å²) in [6.07, 6.45) is 0.562. The molecule has 3 N–H and O–H groups in total. The highest BCUT2D eigenvalue weighted by Gasteiger charge is 2.96. The van der Waals surface area contributed by atoms with Crippen LogP contribution in [0.2, 0.25) is 0 Å². The maximum Gasteiger partial charge on any atom is 0.342 e. The number of hydrogen-bond acceptors (Lipinski definition) is 5. The molecule has 1 aromatic carbocycles. The van der Waals surface area contributed by atoms with Gasteiger partial charge in [0.25, 0.3) is 5.84 Å². The quantitative estimate of drug-likeness (QED) is 0.719. The van der Waals surface area contributed by atoms with Crippen molar-refractivity contribution in [2.45, 2.75) is 26.2 Å². The Kier molecular flexibility index (Phi) is 3.83. The second-order valence-electron chi connectivity index (χ2n) is 6.10. The Morgan fingerprint density at radius 2 is 1.75 bits per heavy atom. The van der Waals surface area contributed by atoms with Gasteiger partial charge in [-0.25, -0.2) is 4.99 Å². The molecule has 0 spiro atoms. The summed E-state index contributed by atoms with van der Waals surface area (Å²) in [5.74, 6) is -1.42. The Morgan fingerprint density at radius 1 is 1.12 bits per heavy atom. The molecule has 2 aliphatic rings. The fourth-order valence-corrected chi connectivity index (χ4v) is 4.19. The summed E-state index contributed by atoms with van der Waals surface area (Å²) in [6, 6.07) is 14.4.